The van der Waals surface area contributed by atoms with Crippen molar-refractivity contribution in [1.29, 1.82) is 0 Å². The third-order valence-corrected chi connectivity index (χ3v) is 6.77. The Balaban J connectivity index is 1.45. The first-order chi connectivity index (χ1) is 14.1. The van der Waals surface area contributed by atoms with E-state index in [1.165, 1.54) is 32.2 Å². The third kappa shape index (κ3) is 3.62. The van der Waals surface area contributed by atoms with E-state index < -0.39 is 33.9 Å². The van der Waals surface area contributed by atoms with Gasteiger partial charge < -0.3 is 19.9 Å². The fourth-order valence-electron chi connectivity index (χ4n) is 5.93. The molecule has 4 bridgehead atoms. The van der Waals surface area contributed by atoms with Gasteiger partial charge in [-0.15, -0.1) is 0 Å². The zero-order valence-electron chi connectivity index (χ0n) is 17.1. The van der Waals surface area contributed by atoms with Crippen molar-refractivity contribution in [3.8, 4) is 5.75 Å². The molecule has 5 atom stereocenters. The van der Waals surface area contributed by atoms with Gasteiger partial charge in [0.1, 0.15) is 5.75 Å². The summed E-state index contributed by atoms with van der Waals surface area (Å²) >= 11 is 0. The zero-order chi connectivity index (χ0) is 21.7. The minimum absolute atomic E-state index is 0.128. The van der Waals surface area contributed by atoms with Gasteiger partial charge in [-0.25, -0.2) is 0 Å². The molecule has 5 rings (SSSR count). The highest BCUT2D eigenvalue weighted by Gasteiger charge is 2.61. The minimum atomic E-state index is -1.09. The van der Waals surface area contributed by atoms with Crippen molar-refractivity contribution in [2.24, 2.45) is 17.3 Å². The number of esters is 1. The Labute approximate surface area is 173 Å². The Kier molecular flexibility index (Phi) is 4.96. The van der Waals surface area contributed by atoms with Crippen molar-refractivity contribution in [3.05, 3.63) is 28.3 Å². The van der Waals surface area contributed by atoms with Gasteiger partial charge >= 0.3 is 5.97 Å². The van der Waals surface area contributed by atoms with Crippen LogP contribution in [0.1, 0.15) is 45.4 Å². The molecule has 4 aliphatic rings. The summed E-state index contributed by atoms with van der Waals surface area (Å²) in [6.07, 6.45) is 3.19. The molecule has 4 fully saturated rings. The zero-order valence-corrected chi connectivity index (χ0v) is 17.1. The molecule has 30 heavy (non-hydrogen) atoms. The van der Waals surface area contributed by atoms with Crippen LogP contribution in [0, 0.1) is 27.4 Å². The highest BCUT2D eigenvalue weighted by molar-refractivity contribution is 5.97. The van der Waals surface area contributed by atoms with Crippen molar-refractivity contribution in [3.63, 3.8) is 0 Å². The van der Waals surface area contributed by atoms with Crippen LogP contribution < -0.4 is 10.1 Å². The van der Waals surface area contributed by atoms with Crippen molar-refractivity contribution >= 4 is 23.3 Å². The summed E-state index contributed by atoms with van der Waals surface area (Å²) < 4.78 is 10.7. The number of nitrogens with one attached hydrogen (secondary N) is 1. The fraction of sp³-hybridized carbons (Fsp3) is 0.619. The lowest BCUT2D eigenvalue weighted by atomic mass is 9.48. The highest BCUT2D eigenvalue weighted by atomic mass is 16.6. The number of methoxy groups -OCH3 is 1. The average molecular weight is 418 g/mol. The standard InChI is InChI=1S/C21H26N2O7/c1-12(18(24)22-16-6-15(23(27)28)3-4-17(16)29-2)30-19(25)20-7-13-5-14(8-20)10-21(26,9-13)11-20/h3-4,6,12-14,26H,5,7-11H2,1-2H3,(H,22,24)/t12-,13-,14+,20?,21?/m1/s1. The van der Waals surface area contributed by atoms with E-state index in [1.54, 1.807) is 0 Å². The number of hydrogen-bond donors (Lipinski definition) is 2. The summed E-state index contributed by atoms with van der Waals surface area (Å²) in [5.41, 5.74) is -1.59. The molecular weight excluding hydrogens is 392 g/mol. The number of nitro benzene ring substituents is 1. The number of anilines is 1. The molecule has 0 radical (unpaired) electrons. The number of non-ortho nitro benzene ring substituents is 1. The lowest BCUT2D eigenvalue weighted by Crippen LogP contribution is -2.59. The van der Waals surface area contributed by atoms with Gasteiger partial charge in [-0.1, -0.05) is 0 Å². The van der Waals surface area contributed by atoms with Crippen LogP contribution in [0.4, 0.5) is 11.4 Å². The van der Waals surface area contributed by atoms with E-state index in [1.807, 2.05) is 0 Å². The molecule has 1 aromatic rings. The van der Waals surface area contributed by atoms with Crippen LogP contribution in [0.5, 0.6) is 5.75 Å². The van der Waals surface area contributed by atoms with E-state index in [0.717, 1.165) is 19.3 Å². The first-order valence-electron chi connectivity index (χ1n) is 10.2. The molecule has 1 aromatic carbocycles. The van der Waals surface area contributed by atoms with E-state index in [2.05, 4.69) is 5.32 Å². The second-order valence-electron chi connectivity index (χ2n) is 9.14. The summed E-state index contributed by atoms with van der Waals surface area (Å²) in [7, 11) is 1.39. The maximum Gasteiger partial charge on any atom is 0.312 e. The Morgan fingerprint density at radius 1 is 1.27 bits per heavy atom. The van der Waals surface area contributed by atoms with E-state index >= 15 is 0 Å². The van der Waals surface area contributed by atoms with Gasteiger partial charge in [0, 0.05) is 12.1 Å². The van der Waals surface area contributed by atoms with Crippen LogP contribution in [0.15, 0.2) is 18.2 Å². The Hall–Kier alpha value is -2.68. The van der Waals surface area contributed by atoms with Crippen LogP contribution in [-0.2, 0) is 14.3 Å². The van der Waals surface area contributed by atoms with Crippen molar-refractivity contribution in [2.45, 2.75) is 57.2 Å². The highest BCUT2D eigenvalue weighted by Crippen LogP contribution is 2.62. The number of carbonyl (C=O) groups excluding carboxylic acids is 2. The predicted octanol–water partition coefficient (Wildman–Crippen LogP) is 2.80. The van der Waals surface area contributed by atoms with E-state index in [4.69, 9.17) is 9.47 Å². The van der Waals surface area contributed by atoms with Gasteiger partial charge in [0.15, 0.2) is 6.10 Å². The molecule has 0 aromatic heterocycles. The third-order valence-electron chi connectivity index (χ3n) is 6.77. The van der Waals surface area contributed by atoms with Crippen LogP contribution in [0.3, 0.4) is 0 Å². The Morgan fingerprint density at radius 2 is 1.93 bits per heavy atom. The van der Waals surface area contributed by atoms with Gasteiger partial charge in [-0.2, -0.15) is 0 Å². The number of aliphatic hydroxyl groups is 1. The predicted molar refractivity (Wildman–Crippen MR) is 106 cm³/mol. The molecule has 9 nitrogen and oxygen atoms in total. The molecule has 0 heterocycles. The van der Waals surface area contributed by atoms with Crippen LogP contribution in [-0.4, -0.2) is 40.7 Å². The molecule has 2 N–H and O–H groups in total. The van der Waals surface area contributed by atoms with Gasteiger partial charge in [0.2, 0.25) is 0 Å². The molecule has 2 unspecified atom stereocenters. The molecule has 162 valence electrons. The normalized spacial score (nSPS) is 32.4. The number of ether oxygens (including phenoxy) is 2. The molecular formula is C21H26N2O7. The molecule has 4 saturated carbocycles. The van der Waals surface area contributed by atoms with E-state index in [9.17, 15) is 24.8 Å². The second-order valence-corrected chi connectivity index (χ2v) is 9.14. The molecule has 0 spiro atoms. The quantitative estimate of drug-likeness (QED) is 0.413. The molecule has 9 heteroatoms. The van der Waals surface area contributed by atoms with Gasteiger partial charge in [-0.05, 0) is 63.4 Å². The number of carbonyl (C=O) groups is 2. The maximum atomic E-state index is 13.0. The monoisotopic (exact) mass is 418 g/mol. The van der Waals surface area contributed by atoms with Gasteiger partial charge in [0.25, 0.3) is 11.6 Å². The number of hydrogen-bond acceptors (Lipinski definition) is 7. The maximum absolute atomic E-state index is 13.0. The number of benzene rings is 1. The summed E-state index contributed by atoms with van der Waals surface area (Å²) in [4.78, 5) is 36.1. The second kappa shape index (κ2) is 7.23. The Morgan fingerprint density at radius 3 is 2.50 bits per heavy atom. The first-order valence-corrected chi connectivity index (χ1v) is 10.2. The van der Waals surface area contributed by atoms with Crippen LogP contribution in [0.2, 0.25) is 0 Å². The molecule has 0 aliphatic heterocycles. The Bertz CT molecular complexity index is 885. The van der Waals surface area contributed by atoms with E-state index in [0.29, 0.717) is 31.1 Å². The summed E-state index contributed by atoms with van der Waals surface area (Å²) in [6, 6.07) is 3.86. The van der Waals surface area contributed by atoms with Crippen LogP contribution in [0.25, 0.3) is 0 Å². The number of rotatable bonds is 6. The number of amides is 1. The number of nitro groups is 1. The number of nitrogens with zero attached hydrogens (tertiary/aromatic N) is 1. The van der Waals surface area contributed by atoms with Crippen molar-refractivity contribution in [1.82, 2.24) is 0 Å². The summed E-state index contributed by atoms with van der Waals surface area (Å²) in [6.45, 7) is 1.46. The van der Waals surface area contributed by atoms with E-state index in [-0.39, 0.29) is 17.1 Å². The molecule has 4 aliphatic carbocycles. The minimum Gasteiger partial charge on any atom is -0.495 e. The SMILES string of the molecule is COc1ccc([N+](=O)[O-])cc1NC(=O)[C@@H](C)OC(=O)C12C[C@@H]3C[C@@H](CC(O)(C3)C1)C2. The van der Waals surface area contributed by atoms with Crippen LogP contribution >= 0.6 is 0 Å². The molecule has 1 amide bonds. The largest absolute Gasteiger partial charge is 0.495 e. The fourth-order valence-corrected chi connectivity index (χ4v) is 5.93. The lowest BCUT2D eigenvalue weighted by molar-refractivity contribution is -0.384. The first kappa shape index (κ1) is 20.6. The van der Waals surface area contributed by atoms with Crippen molar-refractivity contribution < 1.29 is 29.1 Å². The van der Waals surface area contributed by atoms with Gasteiger partial charge in [-0.3, -0.25) is 19.7 Å². The topological polar surface area (TPSA) is 128 Å². The van der Waals surface area contributed by atoms with Gasteiger partial charge in [0.05, 0.1) is 28.7 Å². The van der Waals surface area contributed by atoms with Crippen molar-refractivity contribution in [2.75, 3.05) is 12.4 Å². The lowest BCUT2D eigenvalue weighted by Gasteiger charge is -2.58. The molecule has 0 saturated heterocycles. The summed E-state index contributed by atoms with van der Waals surface area (Å²) in [5, 5.41) is 24.4. The average Bonchev–Trinajstić information content (AvgIpc) is 2.65. The summed E-state index contributed by atoms with van der Waals surface area (Å²) in [5.74, 6) is -0.144. The smallest absolute Gasteiger partial charge is 0.312 e.